The van der Waals surface area contributed by atoms with E-state index in [0.29, 0.717) is 12.2 Å². The molecule has 0 saturated heterocycles. The molecule has 22 heavy (non-hydrogen) atoms. The lowest BCUT2D eigenvalue weighted by Crippen LogP contribution is -2.09. The third-order valence-corrected chi connectivity index (χ3v) is 4.26. The van der Waals surface area contributed by atoms with Crippen molar-refractivity contribution in [3.05, 3.63) is 77.4 Å². The first-order chi connectivity index (χ1) is 10.8. The Hall–Kier alpha value is -1.62. The van der Waals surface area contributed by atoms with E-state index in [1.165, 1.54) is 16.7 Å². The predicted molar refractivity (Wildman–Crippen MR) is 99.3 cm³/mol. The lowest BCUT2D eigenvalue weighted by molar-refractivity contribution is 0.0538. The van der Waals surface area contributed by atoms with Crippen molar-refractivity contribution in [3.63, 3.8) is 0 Å². The predicted octanol–water partition coefficient (Wildman–Crippen LogP) is 5.14. The van der Waals surface area contributed by atoms with Gasteiger partial charge in [0.2, 0.25) is 0 Å². The molecule has 0 aliphatic heterocycles. The molecular formula is C19H19IO2. The lowest BCUT2D eigenvalue weighted by atomic mass is 10.0. The van der Waals surface area contributed by atoms with Gasteiger partial charge < -0.3 is 4.74 Å². The SMILES string of the molecule is CC/C(COC(=O)c1ccccc1)=C(\CI)c1ccccc1. The molecule has 0 aliphatic carbocycles. The molecule has 2 aromatic carbocycles. The molecule has 114 valence electrons. The Morgan fingerprint density at radius 1 is 0.955 bits per heavy atom. The smallest absolute Gasteiger partial charge is 0.338 e. The Morgan fingerprint density at radius 3 is 2.00 bits per heavy atom. The topological polar surface area (TPSA) is 26.3 Å². The molecule has 0 aromatic heterocycles. The summed E-state index contributed by atoms with van der Waals surface area (Å²) >= 11 is 2.36. The number of esters is 1. The second-order valence-corrected chi connectivity index (χ2v) is 5.64. The van der Waals surface area contributed by atoms with Crippen molar-refractivity contribution in [2.75, 3.05) is 11.0 Å². The molecule has 2 rings (SSSR count). The molecule has 0 N–H and O–H groups in total. The van der Waals surface area contributed by atoms with E-state index < -0.39 is 0 Å². The zero-order valence-electron chi connectivity index (χ0n) is 12.6. The number of carbonyl (C=O) groups is 1. The fourth-order valence-electron chi connectivity index (χ4n) is 2.23. The van der Waals surface area contributed by atoms with E-state index in [1.54, 1.807) is 12.1 Å². The highest BCUT2D eigenvalue weighted by Gasteiger charge is 2.11. The van der Waals surface area contributed by atoms with Crippen LogP contribution in [0.5, 0.6) is 0 Å². The number of benzene rings is 2. The molecule has 0 amide bonds. The molecule has 0 heterocycles. The summed E-state index contributed by atoms with van der Waals surface area (Å²) in [6, 6.07) is 19.4. The van der Waals surface area contributed by atoms with Crippen LogP contribution >= 0.6 is 22.6 Å². The highest BCUT2D eigenvalue weighted by Crippen LogP contribution is 2.23. The van der Waals surface area contributed by atoms with Crippen LogP contribution in [0.2, 0.25) is 0 Å². The van der Waals surface area contributed by atoms with Gasteiger partial charge in [-0.2, -0.15) is 0 Å². The maximum absolute atomic E-state index is 12.1. The van der Waals surface area contributed by atoms with E-state index in [-0.39, 0.29) is 5.97 Å². The molecule has 0 saturated carbocycles. The molecule has 3 heteroatoms. The Morgan fingerprint density at radius 2 is 1.50 bits per heavy atom. The Bertz CT molecular complexity index is 633. The molecule has 0 atom stereocenters. The summed E-state index contributed by atoms with van der Waals surface area (Å²) in [5, 5.41) is 0. The van der Waals surface area contributed by atoms with Crippen molar-refractivity contribution in [1.82, 2.24) is 0 Å². The second kappa shape index (κ2) is 8.73. The third-order valence-electron chi connectivity index (χ3n) is 3.50. The molecule has 0 aliphatic rings. The van der Waals surface area contributed by atoms with Crippen molar-refractivity contribution in [2.24, 2.45) is 0 Å². The van der Waals surface area contributed by atoms with Gasteiger partial charge in [-0.15, -0.1) is 0 Å². The van der Waals surface area contributed by atoms with Gasteiger partial charge in [-0.1, -0.05) is 78.0 Å². The fraction of sp³-hybridized carbons (Fsp3) is 0.211. The standard InChI is InChI=1S/C19H19IO2/c1-2-15(18(13-20)16-9-5-3-6-10-16)14-22-19(21)17-11-7-4-8-12-17/h3-12H,2,13-14H2,1H3/b18-15-. The molecular weight excluding hydrogens is 387 g/mol. The number of hydrogen-bond donors (Lipinski definition) is 0. The third kappa shape index (κ3) is 4.44. The second-order valence-electron chi connectivity index (χ2n) is 4.88. The summed E-state index contributed by atoms with van der Waals surface area (Å²) in [5.74, 6) is -0.271. The van der Waals surface area contributed by atoms with Crippen LogP contribution in [0, 0.1) is 0 Å². The van der Waals surface area contributed by atoms with Gasteiger partial charge in [-0.3, -0.25) is 0 Å². The zero-order valence-corrected chi connectivity index (χ0v) is 14.7. The van der Waals surface area contributed by atoms with Crippen molar-refractivity contribution in [2.45, 2.75) is 13.3 Å². The summed E-state index contributed by atoms with van der Waals surface area (Å²) < 4.78 is 6.38. The van der Waals surface area contributed by atoms with Crippen molar-refractivity contribution >= 4 is 34.1 Å². The summed E-state index contributed by atoms with van der Waals surface area (Å²) in [7, 11) is 0. The normalized spacial score (nSPS) is 11.7. The van der Waals surface area contributed by atoms with Crippen LogP contribution in [-0.2, 0) is 4.74 Å². The van der Waals surface area contributed by atoms with Gasteiger partial charge in [0.1, 0.15) is 6.61 Å². The van der Waals surface area contributed by atoms with E-state index in [1.807, 2.05) is 36.4 Å². The zero-order chi connectivity index (χ0) is 15.8. The minimum absolute atomic E-state index is 0.271. The number of rotatable bonds is 6. The number of alkyl halides is 1. The molecule has 2 nitrogen and oxygen atoms in total. The van der Waals surface area contributed by atoms with Crippen LogP contribution in [0.15, 0.2) is 66.2 Å². The van der Waals surface area contributed by atoms with Gasteiger partial charge in [-0.05, 0) is 35.3 Å². The van der Waals surface area contributed by atoms with E-state index >= 15 is 0 Å². The van der Waals surface area contributed by atoms with Gasteiger partial charge in [-0.25, -0.2) is 4.79 Å². The highest BCUT2D eigenvalue weighted by molar-refractivity contribution is 14.1. The Kier molecular flexibility index (Phi) is 6.65. The Labute approximate surface area is 145 Å². The van der Waals surface area contributed by atoms with Crippen molar-refractivity contribution < 1.29 is 9.53 Å². The van der Waals surface area contributed by atoms with Crippen LogP contribution in [0.4, 0.5) is 0 Å². The average Bonchev–Trinajstić information content (AvgIpc) is 2.59. The van der Waals surface area contributed by atoms with Gasteiger partial charge in [0.25, 0.3) is 0 Å². The van der Waals surface area contributed by atoms with E-state index in [2.05, 4.69) is 41.6 Å². The summed E-state index contributed by atoms with van der Waals surface area (Å²) in [5.41, 5.74) is 4.22. The van der Waals surface area contributed by atoms with Crippen molar-refractivity contribution in [3.8, 4) is 0 Å². The van der Waals surface area contributed by atoms with E-state index in [9.17, 15) is 4.79 Å². The maximum Gasteiger partial charge on any atom is 0.338 e. The van der Waals surface area contributed by atoms with Gasteiger partial charge in [0.05, 0.1) is 5.56 Å². The van der Waals surface area contributed by atoms with Crippen LogP contribution < -0.4 is 0 Å². The summed E-state index contributed by atoms with van der Waals surface area (Å²) in [4.78, 5) is 12.1. The number of carbonyl (C=O) groups excluding carboxylic acids is 1. The van der Waals surface area contributed by atoms with Gasteiger partial charge >= 0.3 is 5.97 Å². The van der Waals surface area contributed by atoms with Crippen LogP contribution in [0.25, 0.3) is 5.57 Å². The van der Waals surface area contributed by atoms with Crippen LogP contribution in [-0.4, -0.2) is 17.0 Å². The van der Waals surface area contributed by atoms with Crippen LogP contribution in [0.1, 0.15) is 29.3 Å². The largest absolute Gasteiger partial charge is 0.458 e. The van der Waals surface area contributed by atoms with E-state index in [4.69, 9.17) is 4.74 Å². The maximum atomic E-state index is 12.1. The summed E-state index contributed by atoms with van der Waals surface area (Å²) in [6.07, 6.45) is 0.870. The highest BCUT2D eigenvalue weighted by atomic mass is 127. The average molecular weight is 406 g/mol. The summed E-state index contributed by atoms with van der Waals surface area (Å²) in [6.45, 7) is 2.44. The molecule has 0 unspecified atom stereocenters. The van der Waals surface area contributed by atoms with Gasteiger partial charge in [0.15, 0.2) is 0 Å². The van der Waals surface area contributed by atoms with Crippen LogP contribution in [0.3, 0.4) is 0 Å². The molecule has 0 spiro atoms. The first-order valence-electron chi connectivity index (χ1n) is 7.30. The molecule has 0 bridgehead atoms. The molecule has 0 fully saturated rings. The molecule has 2 aromatic rings. The number of ether oxygens (including phenoxy) is 1. The number of halogens is 1. The Balaban J connectivity index is 2.14. The quantitative estimate of drug-likeness (QED) is 0.377. The monoisotopic (exact) mass is 406 g/mol. The first-order valence-corrected chi connectivity index (χ1v) is 8.83. The number of allylic oxidation sites excluding steroid dienone is 1. The minimum Gasteiger partial charge on any atom is -0.458 e. The lowest BCUT2D eigenvalue weighted by Gasteiger charge is -2.13. The van der Waals surface area contributed by atoms with Crippen molar-refractivity contribution in [1.29, 1.82) is 0 Å². The molecule has 0 radical (unpaired) electrons. The first kappa shape index (κ1) is 16.7. The minimum atomic E-state index is -0.271. The number of hydrogen-bond acceptors (Lipinski definition) is 2. The van der Waals surface area contributed by atoms with Gasteiger partial charge in [0, 0.05) is 4.43 Å². The fourth-order valence-corrected chi connectivity index (χ4v) is 3.21. The van der Waals surface area contributed by atoms with E-state index in [0.717, 1.165) is 10.8 Å².